The van der Waals surface area contributed by atoms with Crippen LogP contribution in [0, 0.1) is 0 Å². The second kappa shape index (κ2) is 11.3. The van der Waals surface area contributed by atoms with Crippen LogP contribution in [0.2, 0.25) is 0 Å². The number of hydrogen-bond acceptors (Lipinski definition) is 9. The molecule has 0 aliphatic rings. The molecule has 2 aromatic rings. The Labute approximate surface area is 178 Å². The van der Waals surface area contributed by atoms with Crippen molar-refractivity contribution < 1.29 is 19.2 Å². The van der Waals surface area contributed by atoms with Crippen LogP contribution in [0.4, 0.5) is 5.13 Å². The molecule has 29 heavy (non-hydrogen) atoms. The molecule has 0 bridgehead atoms. The Balaban J connectivity index is 1.65. The number of nitrogens with zero attached hydrogens (tertiary/aromatic N) is 3. The molecule has 2 aromatic heterocycles. The van der Waals surface area contributed by atoms with Crippen LogP contribution in [0.5, 0.6) is 0 Å². The third kappa shape index (κ3) is 8.50. The standard InChI is InChI=1S/C18H27N5O4S2/c1-18(2,3)12-10-19-15(27-12)11-28-17-22-21-16(29-17)20-13(24)8-6-4-5-7-9-14(25)23-26/h10,26H,4-9,11H2,1-3H3,(H,23,25)(H,20,21,24). The Kier molecular flexibility index (Phi) is 9.05. The number of hydrogen-bond donors (Lipinski definition) is 3. The molecule has 0 saturated heterocycles. The molecule has 0 unspecified atom stereocenters. The number of carbonyl (C=O) groups excluding carboxylic acids is 2. The minimum atomic E-state index is -0.384. The summed E-state index contributed by atoms with van der Waals surface area (Å²) < 4.78 is 6.49. The molecule has 160 valence electrons. The van der Waals surface area contributed by atoms with E-state index in [9.17, 15) is 9.59 Å². The lowest BCUT2D eigenvalue weighted by Crippen LogP contribution is -2.17. The lowest BCUT2D eigenvalue weighted by atomic mass is 9.94. The number of hydroxylamine groups is 1. The van der Waals surface area contributed by atoms with E-state index in [1.165, 1.54) is 23.1 Å². The normalized spacial score (nSPS) is 11.4. The van der Waals surface area contributed by atoms with Crippen LogP contribution in [0.3, 0.4) is 0 Å². The first-order valence-electron chi connectivity index (χ1n) is 9.42. The van der Waals surface area contributed by atoms with Gasteiger partial charge in [0.2, 0.25) is 22.8 Å². The Morgan fingerprint density at radius 2 is 1.83 bits per heavy atom. The highest BCUT2D eigenvalue weighted by atomic mass is 32.2. The van der Waals surface area contributed by atoms with Crippen LogP contribution < -0.4 is 10.8 Å². The van der Waals surface area contributed by atoms with Gasteiger partial charge in [-0.05, 0) is 12.8 Å². The first-order chi connectivity index (χ1) is 13.8. The highest BCUT2D eigenvalue weighted by molar-refractivity contribution is 8.00. The monoisotopic (exact) mass is 441 g/mol. The van der Waals surface area contributed by atoms with Crippen LogP contribution in [-0.4, -0.2) is 32.2 Å². The van der Waals surface area contributed by atoms with E-state index in [0.29, 0.717) is 36.0 Å². The highest BCUT2D eigenvalue weighted by Crippen LogP contribution is 2.30. The number of rotatable bonds is 11. The number of thioether (sulfide) groups is 1. The van der Waals surface area contributed by atoms with E-state index < -0.39 is 0 Å². The summed E-state index contributed by atoms with van der Waals surface area (Å²) in [6.07, 6.45) is 5.52. The van der Waals surface area contributed by atoms with Crippen molar-refractivity contribution in [3.8, 4) is 0 Å². The topological polar surface area (TPSA) is 130 Å². The summed E-state index contributed by atoms with van der Waals surface area (Å²) in [5.41, 5.74) is 1.52. The quantitative estimate of drug-likeness (QED) is 0.157. The fourth-order valence-electron chi connectivity index (χ4n) is 2.33. The minimum absolute atomic E-state index is 0.0792. The second-order valence-corrected chi connectivity index (χ2v) is 9.73. The van der Waals surface area contributed by atoms with Crippen molar-refractivity contribution >= 4 is 40.0 Å². The van der Waals surface area contributed by atoms with Gasteiger partial charge in [-0.3, -0.25) is 14.8 Å². The van der Waals surface area contributed by atoms with Crippen molar-refractivity contribution in [3.63, 3.8) is 0 Å². The third-order valence-corrected chi connectivity index (χ3v) is 5.90. The Hall–Kier alpha value is -1.98. The fraction of sp³-hybridized carbons (Fsp3) is 0.611. The average Bonchev–Trinajstić information content (AvgIpc) is 3.31. The van der Waals surface area contributed by atoms with Gasteiger partial charge in [-0.2, -0.15) is 0 Å². The van der Waals surface area contributed by atoms with Gasteiger partial charge in [0.25, 0.3) is 0 Å². The van der Waals surface area contributed by atoms with E-state index in [1.807, 2.05) is 0 Å². The maximum atomic E-state index is 12.0. The maximum Gasteiger partial charge on any atom is 0.243 e. The van der Waals surface area contributed by atoms with E-state index in [1.54, 1.807) is 11.7 Å². The minimum Gasteiger partial charge on any atom is -0.444 e. The van der Waals surface area contributed by atoms with Crippen molar-refractivity contribution in [1.29, 1.82) is 0 Å². The van der Waals surface area contributed by atoms with Crippen LogP contribution in [-0.2, 0) is 20.8 Å². The molecular weight excluding hydrogens is 414 g/mol. The molecule has 0 radical (unpaired) electrons. The lowest BCUT2D eigenvalue weighted by molar-refractivity contribution is -0.129. The molecule has 2 rings (SSSR count). The van der Waals surface area contributed by atoms with E-state index in [4.69, 9.17) is 9.62 Å². The third-order valence-electron chi connectivity index (χ3n) is 3.95. The number of oxazole rings is 1. The van der Waals surface area contributed by atoms with Gasteiger partial charge >= 0.3 is 0 Å². The van der Waals surface area contributed by atoms with Gasteiger partial charge in [0, 0.05) is 18.3 Å². The molecule has 0 fully saturated rings. The molecule has 3 N–H and O–H groups in total. The zero-order valence-electron chi connectivity index (χ0n) is 16.9. The molecule has 0 atom stereocenters. The summed E-state index contributed by atoms with van der Waals surface area (Å²) in [6.45, 7) is 6.21. The number of unbranched alkanes of at least 4 members (excludes halogenated alkanes) is 3. The predicted molar refractivity (Wildman–Crippen MR) is 111 cm³/mol. The van der Waals surface area contributed by atoms with Gasteiger partial charge in [-0.1, -0.05) is 56.7 Å². The average molecular weight is 442 g/mol. The number of amides is 2. The van der Waals surface area contributed by atoms with Crippen LogP contribution in [0.1, 0.15) is 70.9 Å². The Morgan fingerprint density at radius 3 is 2.45 bits per heavy atom. The number of nitrogens with one attached hydrogen (secondary N) is 2. The van der Waals surface area contributed by atoms with Crippen molar-refractivity contribution in [2.75, 3.05) is 5.32 Å². The van der Waals surface area contributed by atoms with Gasteiger partial charge in [-0.15, -0.1) is 10.2 Å². The molecule has 9 nitrogen and oxygen atoms in total. The molecule has 0 spiro atoms. The molecule has 0 aliphatic heterocycles. The summed E-state index contributed by atoms with van der Waals surface area (Å²) >= 11 is 2.78. The van der Waals surface area contributed by atoms with Gasteiger partial charge in [0.05, 0.1) is 11.9 Å². The van der Waals surface area contributed by atoms with Crippen molar-refractivity contribution in [2.24, 2.45) is 0 Å². The van der Waals surface area contributed by atoms with Gasteiger partial charge < -0.3 is 9.73 Å². The predicted octanol–water partition coefficient (Wildman–Crippen LogP) is 3.90. The van der Waals surface area contributed by atoms with Crippen molar-refractivity contribution in [1.82, 2.24) is 20.7 Å². The number of aromatic nitrogens is 3. The SMILES string of the molecule is CC(C)(C)c1cnc(CSc2nnc(NC(=O)CCCCCCC(=O)NO)s2)o1. The van der Waals surface area contributed by atoms with Gasteiger partial charge in [0.1, 0.15) is 5.76 Å². The molecule has 0 aromatic carbocycles. The van der Waals surface area contributed by atoms with Crippen LogP contribution >= 0.6 is 23.1 Å². The van der Waals surface area contributed by atoms with E-state index in [0.717, 1.165) is 29.4 Å². The van der Waals surface area contributed by atoms with Gasteiger partial charge in [-0.25, -0.2) is 10.5 Å². The molecular formula is C18H27N5O4S2. The van der Waals surface area contributed by atoms with E-state index in [2.05, 4.69) is 41.3 Å². The molecule has 2 amide bonds. The maximum absolute atomic E-state index is 12.0. The zero-order valence-corrected chi connectivity index (χ0v) is 18.5. The number of carbonyl (C=O) groups is 2. The van der Waals surface area contributed by atoms with Crippen molar-refractivity contribution in [2.45, 2.75) is 74.8 Å². The Bertz CT molecular complexity index is 800. The van der Waals surface area contributed by atoms with Crippen molar-refractivity contribution in [3.05, 3.63) is 17.8 Å². The summed E-state index contributed by atoms with van der Waals surface area (Å²) in [4.78, 5) is 27.1. The first-order valence-corrected chi connectivity index (χ1v) is 11.2. The molecule has 0 saturated carbocycles. The second-order valence-electron chi connectivity index (χ2n) is 7.53. The summed E-state index contributed by atoms with van der Waals surface area (Å²) in [5, 5.41) is 19.7. The van der Waals surface area contributed by atoms with Crippen LogP contribution in [0.15, 0.2) is 15.0 Å². The summed E-state index contributed by atoms with van der Waals surface area (Å²) in [5.74, 6) is 1.54. The molecule has 2 heterocycles. The first kappa shape index (κ1) is 23.3. The smallest absolute Gasteiger partial charge is 0.243 e. The zero-order chi connectivity index (χ0) is 21.3. The molecule has 0 aliphatic carbocycles. The summed E-state index contributed by atoms with van der Waals surface area (Å²) in [6, 6.07) is 0. The largest absolute Gasteiger partial charge is 0.444 e. The lowest BCUT2D eigenvalue weighted by Gasteiger charge is -2.12. The van der Waals surface area contributed by atoms with Gasteiger partial charge in [0.15, 0.2) is 4.34 Å². The van der Waals surface area contributed by atoms with Crippen LogP contribution in [0.25, 0.3) is 0 Å². The number of anilines is 1. The van der Waals surface area contributed by atoms with E-state index in [-0.39, 0.29) is 17.2 Å². The highest BCUT2D eigenvalue weighted by Gasteiger charge is 2.19. The summed E-state index contributed by atoms with van der Waals surface area (Å²) in [7, 11) is 0. The van der Waals surface area contributed by atoms with E-state index >= 15 is 0 Å². The molecule has 11 heteroatoms. The fourth-order valence-corrected chi connectivity index (χ4v) is 3.95. The Morgan fingerprint density at radius 1 is 1.14 bits per heavy atom.